The van der Waals surface area contributed by atoms with Crippen LogP contribution in [0.1, 0.15) is 23.0 Å². The van der Waals surface area contributed by atoms with E-state index in [4.69, 9.17) is 0 Å². The number of pyridine rings is 1. The average molecular weight is 304 g/mol. The minimum Gasteiger partial charge on any atom is -0.338 e. The number of hydrogen-bond donors (Lipinski definition) is 0. The van der Waals surface area contributed by atoms with Gasteiger partial charge in [0.05, 0.1) is 5.52 Å². The number of aryl methyl sites for hydroxylation is 1. The first-order valence-electron chi connectivity index (χ1n) is 6.83. The van der Waals surface area contributed by atoms with Crippen LogP contribution in [0.15, 0.2) is 30.3 Å². The van der Waals surface area contributed by atoms with Gasteiger partial charge < -0.3 is 4.90 Å². The second-order valence-corrected chi connectivity index (χ2v) is 6.84. The van der Waals surface area contributed by atoms with E-state index in [2.05, 4.69) is 4.98 Å². The summed E-state index contributed by atoms with van der Waals surface area (Å²) in [4.78, 5) is 18.6. The predicted molar refractivity (Wildman–Crippen MR) is 87.0 cm³/mol. The second kappa shape index (κ2) is 6.35. The number of nitrogens with zero attached hydrogens (tertiary/aromatic N) is 2. The van der Waals surface area contributed by atoms with E-state index >= 15 is 0 Å². The normalized spacial score (nSPS) is 13.9. The van der Waals surface area contributed by atoms with Crippen molar-refractivity contribution in [3.63, 3.8) is 0 Å². The maximum absolute atomic E-state index is 12.5. The van der Waals surface area contributed by atoms with E-state index in [9.17, 15) is 9.00 Å². The van der Waals surface area contributed by atoms with Crippen molar-refractivity contribution in [2.75, 3.05) is 19.1 Å². The van der Waals surface area contributed by atoms with E-state index in [-0.39, 0.29) is 11.9 Å². The van der Waals surface area contributed by atoms with Gasteiger partial charge in [-0.3, -0.25) is 14.0 Å². The molecule has 21 heavy (non-hydrogen) atoms. The molecule has 2 aromatic rings. The first-order valence-corrected chi connectivity index (χ1v) is 8.56. The van der Waals surface area contributed by atoms with Crippen molar-refractivity contribution >= 4 is 27.6 Å². The molecular formula is C16H20N2O2S. The van der Waals surface area contributed by atoms with Gasteiger partial charge in [-0.25, -0.2) is 0 Å². The fraction of sp³-hybridized carbons (Fsp3) is 0.375. The Bertz CT molecular complexity index is 700. The van der Waals surface area contributed by atoms with Crippen LogP contribution < -0.4 is 0 Å². The summed E-state index contributed by atoms with van der Waals surface area (Å²) in [5, 5.41) is 0.951. The summed E-state index contributed by atoms with van der Waals surface area (Å²) < 4.78 is 11.3. The summed E-state index contributed by atoms with van der Waals surface area (Å²) in [7, 11) is 0.829. The van der Waals surface area contributed by atoms with Gasteiger partial charge in [0.25, 0.3) is 5.91 Å². The molecule has 1 aromatic heterocycles. The molecule has 0 saturated heterocycles. The molecule has 0 aliphatic heterocycles. The van der Waals surface area contributed by atoms with Gasteiger partial charge in [-0.1, -0.05) is 6.07 Å². The van der Waals surface area contributed by atoms with E-state index in [1.165, 1.54) is 0 Å². The molecule has 2 atom stereocenters. The lowest BCUT2D eigenvalue weighted by Crippen LogP contribution is -2.38. The van der Waals surface area contributed by atoms with Crippen LogP contribution in [0.5, 0.6) is 0 Å². The van der Waals surface area contributed by atoms with Crippen LogP contribution in [-0.4, -0.2) is 45.1 Å². The van der Waals surface area contributed by atoms with Gasteiger partial charge >= 0.3 is 0 Å². The van der Waals surface area contributed by atoms with Crippen LogP contribution in [0.25, 0.3) is 10.9 Å². The Morgan fingerprint density at radius 3 is 2.71 bits per heavy atom. The average Bonchev–Trinajstić information content (AvgIpc) is 2.44. The molecular weight excluding hydrogens is 284 g/mol. The topological polar surface area (TPSA) is 50.3 Å². The zero-order chi connectivity index (χ0) is 15.6. The highest BCUT2D eigenvalue weighted by molar-refractivity contribution is 7.84. The number of benzene rings is 1. The molecule has 1 amide bonds. The van der Waals surface area contributed by atoms with Gasteiger partial charge in [0.15, 0.2) is 0 Å². The highest BCUT2D eigenvalue weighted by Gasteiger charge is 2.18. The van der Waals surface area contributed by atoms with Crippen LogP contribution in [0.2, 0.25) is 0 Å². The molecule has 1 aromatic carbocycles. The molecule has 0 fully saturated rings. The van der Waals surface area contributed by atoms with E-state index in [1.54, 1.807) is 24.3 Å². The maximum Gasteiger partial charge on any atom is 0.253 e. The van der Waals surface area contributed by atoms with Gasteiger partial charge in [-0.15, -0.1) is 0 Å². The number of carbonyl (C=O) groups excluding carboxylic acids is 1. The van der Waals surface area contributed by atoms with Crippen molar-refractivity contribution < 1.29 is 9.00 Å². The fourth-order valence-electron chi connectivity index (χ4n) is 2.22. The van der Waals surface area contributed by atoms with Gasteiger partial charge in [-0.05, 0) is 38.1 Å². The molecule has 0 N–H and O–H groups in total. The van der Waals surface area contributed by atoms with Crippen molar-refractivity contribution in [3.8, 4) is 0 Å². The fourth-order valence-corrected chi connectivity index (χ4v) is 3.12. The molecule has 0 spiro atoms. The zero-order valence-electron chi connectivity index (χ0n) is 12.8. The Kier molecular flexibility index (Phi) is 4.73. The summed E-state index contributed by atoms with van der Waals surface area (Å²) >= 11 is 0. The molecule has 1 heterocycles. The number of fused-ring (bicyclic) bond motifs is 1. The third-order valence-electron chi connectivity index (χ3n) is 3.53. The Labute approximate surface area is 127 Å². The SMILES string of the molecule is Cc1ccc2cc(C(=O)N(C)[C@@H](C)C[S@@](C)=O)ccc2n1. The van der Waals surface area contributed by atoms with Crippen molar-refractivity contribution in [3.05, 3.63) is 41.6 Å². The molecule has 5 heteroatoms. The number of amides is 1. The van der Waals surface area contributed by atoms with Crippen LogP contribution in [-0.2, 0) is 10.8 Å². The van der Waals surface area contributed by atoms with Crippen molar-refractivity contribution in [1.29, 1.82) is 0 Å². The third-order valence-corrected chi connectivity index (χ3v) is 4.48. The summed E-state index contributed by atoms with van der Waals surface area (Å²) in [6.45, 7) is 3.85. The largest absolute Gasteiger partial charge is 0.338 e. The molecule has 0 bridgehead atoms. The maximum atomic E-state index is 12.5. The van der Waals surface area contributed by atoms with Gasteiger partial charge in [0.1, 0.15) is 0 Å². The third kappa shape index (κ3) is 3.67. The highest BCUT2D eigenvalue weighted by Crippen LogP contribution is 2.16. The first-order chi connectivity index (χ1) is 9.88. The van der Waals surface area contributed by atoms with Crippen LogP contribution >= 0.6 is 0 Å². The number of aromatic nitrogens is 1. The van der Waals surface area contributed by atoms with Crippen molar-refractivity contribution in [2.45, 2.75) is 19.9 Å². The van der Waals surface area contributed by atoms with Crippen LogP contribution in [0, 0.1) is 6.92 Å². The molecule has 0 radical (unpaired) electrons. The molecule has 2 rings (SSSR count). The Balaban J connectivity index is 2.26. The number of rotatable bonds is 4. The van der Waals surface area contributed by atoms with Crippen molar-refractivity contribution in [2.24, 2.45) is 0 Å². The summed E-state index contributed by atoms with van der Waals surface area (Å²) in [6.07, 6.45) is 1.65. The summed E-state index contributed by atoms with van der Waals surface area (Å²) in [5.41, 5.74) is 2.47. The lowest BCUT2D eigenvalue weighted by molar-refractivity contribution is 0.0757. The highest BCUT2D eigenvalue weighted by atomic mass is 32.2. The molecule has 0 unspecified atom stereocenters. The lowest BCUT2D eigenvalue weighted by Gasteiger charge is -2.24. The minimum absolute atomic E-state index is 0.0598. The second-order valence-electron chi connectivity index (χ2n) is 5.37. The van der Waals surface area contributed by atoms with Crippen molar-refractivity contribution in [1.82, 2.24) is 9.88 Å². The first kappa shape index (κ1) is 15.6. The number of hydrogen-bond acceptors (Lipinski definition) is 3. The predicted octanol–water partition coefficient (Wildman–Crippen LogP) is 2.38. The molecule has 0 aliphatic rings. The van der Waals surface area contributed by atoms with E-state index in [1.807, 2.05) is 38.1 Å². The van der Waals surface area contributed by atoms with E-state index in [0.717, 1.165) is 16.6 Å². The van der Waals surface area contributed by atoms with E-state index < -0.39 is 10.8 Å². The number of carbonyl (C=O) groups is 1. The van der Waals surface area contributed by atoms with Gasteiger partial charge in [-0.2, -0.15) is 0 Å². The quantitative estimate of drug-likeness (QED) is 0.871. The lowest BCUT2D eigenvalue weighted by atomic mass is 10.1. The molecule has 4 nitrogen and oxygen atoms in total. The van der Waals surface area contributed by atoms with E-state index in [0.29, 0.717) is 11.3 Å². The minimum atomic E-state index is -0.918. The Hall–Kier alpha value is -1.75. The standard InChI is InChI=1S/C16H20N2O2S/c1-11-5-6-13-9-14(7-8-15(13)17-11)16(19)18(3)12(2)10-21(4)20/h5-9,12H,10H2,1-4H3/t12-,21+/m0/s1. The smallest absolute Gasteiger partial charge is 0.253 e. The molecule has 112 valence electrons. The zero-order valence-corrected chi connectivity index (χ0v) is 13.6. The summed E-state index contributed by atoms with van der Waals surface area (Å²) in [5.74, 6) is 0.423. The van der Waals surface area contributed by atoms with Crippen LogP contribution in [0.3, 0.4) is 0 Å². The Morgan fingerprint density at radius 1 is 1.33 bits per heavy atom. The van der Waals surface area contributed by atoms with Crippen LogP contribution in [0.4, 0.5) is 0 Å². The molecule has 0 saturated carbocycles. The Morgan fingerprint density at radius 2 is 2.05 bits per heavy atom. The monoisotopic (exact) mass is 304 g/mol. The van der Waals surface area contributed by atoms with Gasteiger partial charge in [0.2, 0.25) is 0 Å². The van der Waals surface area contributed by atoms with Gasteiger partial charge in [0, 0.05) is 52.5 Å². The molecule has 0 aliphatic carbocycles. The summed E-state index contributed by atoms with van der Waals surface area (Å²) in [6, 6.07) is 9.36.